The second kappa shape index (κ2) is 7.76. The van der Waals surface area contributed by atoms with E-state index in [4.69, 9.17) is 9.47 Å². The van der Waals surface area contributed by atoms with E-state index in [0.29, 0.717) is 35.5 Å². The summed E-state index contributed by atoms with van der Waals surface area (Å²) in [5, 5.41) is 3.53. The second-order valence-corrected chi connectivity index (χ2v) is 8.84. The van der Waals surface area contributed by atoms with Crippen molar-refractivity contribution in [1.29, 1.82) is 0 Å². The number of ketones is 1. The third-order valence-electron chi connectivity index (χ3n) is 7.07. The summed E-state index contributed by atoms with van der Waals surface area (Å²) in [4.78, 5) is 29.0. The molecule has 0 radical (unpaired) electrons. The van der Waals surface area contributed by atoms with Crippen molar-refractivity contribution in [3.63, 3.8) is 0 Å². The van der Waals surface area contributed by atoms with Crippen LogP contribution in [0.25, 0.3) is 0 Å². The second-order valence-electron chi connectivity index (χ2n) is 8.84. The minimum atomic E-state index is -0.422. The summed E-state index contributed by atoms with van der Waals surface area (Å²) >= 11 is 0. The number of fused-ring (bicyclic) bond motifs is 6. The van der Waals surface area contributed by atoms with Crippen molar-refractivity contribution in [1.82, 2.24) is 0 Å². The molecule has 1 aliphatic carbocycles. The first-order valence-corrected chi connectivity index (χ1v) is 11.4. The maximum absolute atomic E-state index is 13.8. The van der Waals surface area contributed by atoms with Gasteiger partial charge in [0.2, 0.25) is 0 Å². The number of Topliss-reactive ketones (excluding diaryl/α,β-unsaturated/α-hetero) is 1. The Bertz CT molecular complexity index is 1380. The van der Waals surface area contributed by atoms with Gasteiger partial charge in [-0.3, -0.25) is 14.5 Å². The first kappa shape index (κ1) is 20.5. The van der Waals surface area contributed by atoms with Gasteiger partial charge in [0.05, 0.1) is 31.6 Å². The van der Waals surface area contributed by atoms with E-state index >= 15 is 0 Å². The van der Waals surface area contributed by atoms with Crippen molar-refractivity contribution >= 4 is 23.1 Å². The number of methoxy groups -OCH3 is 2. The van der Waals surface area contributed by atoms with Gasteiger partial charge in [-0.05, 0) is 53.8 Å². The fourth-order valence-electron chi connectivity index (χ4n) is 5.51. The van der Waals surface area contributed by atoms with E-state index in [-0.39, 0.29) is 17.6 Å². The van der Waals surface area contributed by atoms with Crippen LogP contribution in [0.5, 0.6) is 11.5 Å². The SMILES string of the molecule is COc1ccc([C@H]2CC(=O)C3=C(C2)Nc2ccccc2N2C(=O)c4ccccc4[C@H]32)cc1OC. The largest absolute Gasteiger partial charge is 0.493 e. The number of carbonyl (C=O) groups excluding carboxylic acids is 2. The van der Waals surface area contributed by atoms with Crippen LogP contribution in [0.2, 0.25) is 0 Å². The number of hydrogen-bond acceptors (Lipinski definition) is 5. The summed E-state index contributed by atoms with van der Waals surface area (Å²) in [6.07, 6.45) is 1.03. The molecule has 34 heavy (non-hydrogen) atoms. The average Bonchev–Trinajstić information content (AvgIpc) is 3.06. The van der Waals surface area contributed by atoms with Gasteiger partial charge >= 0.3 is 0 Å². The number of para-hydroxylation sites is 2. The van der Waals surface area contributed by atoms with Gasteiger partial charge in [-0.2, -0.15) is 0 Å². The van der Waals surface area contributed by atoms with Gasteiger partial charge in [-0.15, -0.1) is 0 Å². The predicted octanol–water partition coefficient (Wildman–Crippen LogP) is 5.23. The molecule has 1 N–H and O–H groups in total. The molecule has 0 unspecified atom stereocenters. The Balaban J connectivity index is 1.49. The summed E-state index contributed by atoms with van der Waals surface area (Å²) in [6, 6.07) is 20.8. The highest BCUT2D eigenvalue weighted by Crippen LogP contribution is 2.51. The molecule has 2 heterocycles. The van der Waals surface area contributed by atoms with Gasteiger partial charge in [0.15, 0.2) is 17.3 Å². The van der Waals surface area contributed by atoms with Crippen LogP contribution in [-0.4, -0.2) is 25.9 Å². The van der Waals surface area contributed by atoms with Crippen molar-refractivity contribution < 1.29 is 19.1 Å². The van der Waals surface area contributed by atoms with Gasteiger partial charge in [0.1, 0.15) is 0 Å². The normalized spacial score (nSPS) is 20.6. The summed E-state index contributed by atoms with van der Waals surface area (Å²) in [7, 11) is 3.22. The summed E-state index contributed by atoms with van der Waals surface area (Å²) in [6.45, 7) is 0. The Morgan fingerprint density at radius 1 is 0.882 bits per heavy atom. The number of benzene rings is 3. The Morgan fingerprint density at radius 2 is 1.65 bits per heavy atom. The molecule has 3 aromatic rings. The lowest BCUT2D eigenvalue weighted by molar-refractivity contribution is -0.116. The zero-order valence-electron chi connectivity index (χ0n) is 19.0. The summed E-state index contributed by atoms with van der Waals surface area (Å²) in [5.74, 6) is 1.28. The van der Waals surface area contributed by atoms with Gasteiger partial charge < -0.3 is 14.8 Å². The lowest BCUT2D eigenvalue weighted by atomic mass is 9.78. The molecule has 2 atom stereocenters. The first-order valence-electron chi connectivity index (χ1n) is 11.4. The molecule has 0 saturated heterocycles. The molecule has 0 bridgehead atoms. The molecular weight excluding hydrogens is 428 g/mol. The maximum atomic E-state index is 13.8. The highest BCUT2D eigenvalue weighted by Gasteiger charge is 2.46. The zero-order chi connectivity index (χ0) is 23.4. The van der Waals surface area contributed by atoms with Crippen LogP contribution in [0.15, 0.2) is 78.0 Å². The van der Waals surface area contributed by atoms with Crippen LogP contribution in [0, 0.1) is 0 Å². The molecule has 0 spiro atoms. The van der Waals surface area contributed by atoms with Crippen molar-refractivity contribution in [2.75, 3.05) is 24.4 Å². The predicted molar refractivity (Wildman–Crippen MR) is 130 cm³/mol. The van der Waals surface area contributed by atoms with Crippen molar-refractivity contribution in [3.05, 3.63) is 94.7 Å². The quantitative estimate of drug-likeness (QED) is 0.589. The topological polar surface area (TPSA) is 67.9 Å². The lowest BCUT2D eigenvalue weighted by Gasteiger charge is -2.31. The number of anilines is 2. The minimum Gasteiger partial charge on any atom is -0.493 e. The Morgan fingerprint density at radius 3 is 2.47 bits per heavy atom. The monoisotopic (exact) mass is 452 g/mol. The van der Waals surface area contributed by atoms with Crippen LogP contribution < -0.4 is 19.7 Å². The molecule has 0 aromatic heterocycles. The molecule has 170 valence electrons. The van der Waals surface area contributed by atoms with Crippen molar-refractivity contribution in [3.8, 4) is 11.5 Å². The van der Waals surface area contributed by atoms with Crippen LogP contribution >= 0.6 is 0 Å². The molecule has 1 amide bonds. The number of nitrogens with one attached hydrogen (secondary N) is 1. The third-order valence-corrected chi connectivity index (χ3v) is 7.07. The number of amides is 1. The zero-order valence-corrected chi connectivity index (χ0v) is 19.0. The molecule has 6 heteroatoms. The maximum Gasteiger partial charge on any atom is 0.259 e. The van der Waals surface area contributed by atoms with Crippen molar-refractivity contribution in [2.24, 2.45) is 0 Å². The summed E-state index contributed by atoms with van der Waals surface area (Å²) in [5.41, 5.74) is 5.75. The number of allylic oxidation sites excluding steroid dienone is 1. The molecule has 0 fully saturated rings. The fourth-order valence-corrected chi connectivity index (χ4v) is 5.51. The van der Waals surface area contributed by atoms with Crippen molar-refractivity contribution in [2.45, 2.75) is 24.8 Å². The highest BCUT2D eigenvalue weighted by molar-refractivity contribution is 6.16. The van der Waals surface area contributed by atoms with Gasteiger partial charge in [0.25, 0.3) is 5.91 Å². The van der Waals surface area contributed by atoms with E-state index in [0.717, 1.165) is 28.2 Å². The Labute approximate surface area is 197 Å². The first-order chi connectivity index (χ1) is 16.6. The van der Waals surface area contributed by atoms with Gasteiger partial charge in [0, 0.05) is 23.3 Å². The van der Waals surface area contributed by atoms with Crippen LogP contribution in [-0.2, 0) is 4.79 Å². The smallest absolute Gasteiger partial charge is 0.259 e. The lowest BCUT2D eigenvalue weighted by Crippen LogP contribution is -2.32. The number of hydrogen-bond donors (Lipinski definition) is 1. The molecule has 0 saturated carbocycles. The van der Waals surface area contributed by atoms with Gasteiger partial charge in [-0.1, -0.05) is 36.4 Å². The number of rotatable bonds is 3. The minimum absolute atomic E-state index is 0.00961. The van der Waals surface area contributed by atoms with Crippen LogP contribution in [0.1, 0.15) is 46.3 Å². The summed E-state index contributed by atoms with van der Waals surface area (Å²) < 4.78 is 10.9. The average molecular weight is 453 g/mol. The van der Waals surface area contributed by atoms with E-state index in [1.165, 1.54) is 0 Å². The van der Waals surface area contributed by atoms with E-state index < -0.39 is 6.04 Å². The standard InChI is InChI=1S/C28H24N2O4/c1-33-24-12-11-16(15-25(24)34-2)17-13-21-26(23(31)14-17)27-18-7-3-4-8-19(18)28(32)30(27)22-10-6-5-9-20(22)29-21/h3-12,15,17,27,29H,13-14H2,1-2H3/t17-,27-/m1/s1. The molecule has 3 aromatic carbocycles. The number of carbonyl (C=O) groups is 2. The molecule has 6 rings (SSSR count). The third kappa shape index (κ3) is 2.95. The van der Waals surface area contributed by atoms with E-state index in [2.05, 4.69) is 5.32 Å². The molecule has 6 nitrogen and oxygen atoms in total. The molecule has 3 aliphatic rings. The fraction of sp³-hybridized carbons (Fsp3) is 0.214. The van der Waals surface area contributed by atoms with E-state index in [1.54, 1.807) is 19.1 Å². The van der Waals surface area contributed by atoms with Gasteiger partial charge in [-0.25, -0.2) is 0 Å². The highest BCUT2D eigenvalue weighted by atomic mass is 16.5. The van der Waals surface area contributed by atoms with E-state index in [9.17, 15) is 9.59 Å². The Kier molecular flexibility index (Phi) is 4.69. The molecule has 2 aliphatic heterocycles. The Hall–Kier alpha value is -4.06. The molecular formula is C28H24N2O4. The van der Waals surface area contributed by atoms with E-state index in [1.807, 2.05) is 66.7 Å². The number of nitrogens with zero attached hydrogens (tertiary/aromatic N) is 1. The van der Waals surface area contributed by atoms with Crippen LogP contribution in [0.4, 0.5) is 11.4 Å². The van der Waals surface area contributed by atoms with Crippen LogP contribution in [0.3, 0.4) is 0 Å². The number of ether oxygens (including phenoxy) is 2.